The number of thiophene rings is 1. The maximum absolute atomic E-state index is 13.2. The highest BCUT2D eigenvalue weighted by molar-refractivity contribution is 9.10. The third-order valence-corrected chi connectivity index (χ3v) is 4.94. The minimum Gasteiger partial charge on any atom is -0.484 e. The molecular weight excluding hydrogens is 319 g/mol. The molecule has 0 bridgehead atoms. The van der Waals surface area contributed by atoms with Gasteiger partial charge in [0.15, 0.2) is 0 Å². The van der Waals surface area contributed by atoms with Crippen molar-refractivity contribution in [1.29, 1.82) is 0 Å². The number of aliphatic hydroxyl groups excluding tert-OH is 1. The van der Waals surface area contributed by atoms with Crippen LogP contribution in [0.5, 0.6) is 5.75 Å². The van der Waals surface area contributed by atoms with Crippen LogP contribution in [-0.4, -0.2) is 5.11 Å². The van der Waals surface area contributed by atoms with E-state index in [4.69, 9.17) is 4.74 Å². The molecule has 94 valence electrons. The fraction of sp³-hybridized carbons (Fsp3) is 0.231. The molecule has 18 heavy (non-hydrogen) atoms. The van der Waals surface area contributed by atoms with Crippen molar-refractivity contribution in [2.45, 2.75) is 18.6 Å². The molecule has 1 aliphatic heterocycles. The SMILES string of the molecule is O[C@@H]1CC(c2sccc2Br)Oc2cc(F)ccc21. The first-order chi connectivity index (χ1) is 8.65. The molecule has 1 aliphatic rings. The van der Waals surface area contributed by atoms with Gasteiger partial charge in [0.05, 0.1) is 11.0 Å². The van der Waals surface area contributed by atoms with E-state index in [1.165, 1.54) is 12.1 Å². The van der Waals surface area contributed by atoms with Gasteiger partial charge in [-0.1, -0.05) is 0 Å². The molecule has 0 radical (unpaired) electrons. The number of ether oxygens (including phenoxy) is 1. The summed E-state index contributed by atoms with van der Waals surface area (Å²) in [5.74, 6) is 0.0749. The van der Waals surface area contributed by atoms with Gasteiger partial charge in [0.1, 0.15) is 17.7 Å². The monoisotopic (exact) mass is 328 g/mol. The minimum absolute atomic E-state index is 0.233. The number of halogens is 2. The molecule has 2 aromatic rings. The molecule has 0 saturated carbocycles. The predicted molar refractivity (Wildman–Crippen MR) is 71.4 cm³/mol. The van der Waals surface area contributed by atoms with E-state index >= 15 is 0 Å². The fourth-order valence-electron chi connectivity index (χ4n) is 2.11. The summed E-state index contributed by atoms with van der Waals surface area (Å²) in [6.45, 7) is 0. The van der Waals surface area contributed by atoms with Gasteiger partial charge in [-0.05, 0) is 39.5 Å². The third-order valence-electron chi connectivity index (χ3n) is 2.98. The Hall–Kier alpha value is -0.910. The Kier molecular flexibility index (Phi) is 3.13. The minimum atomic E-state index is -0.617. The molecule has 2 atom stereocenters. The largest absolute Gasteiger partial charge is 0.484 e. The molecule has 0 amide bonds. The van der Waals surface area contributed by atoms with Gasteiger partial charge in [-0.2, -0.15) is 0 Å². The van der Waals surface area contributed by atoms with Crippen molar-refractivity contribution in [2.75, 3.05) is 0 Å². The van der Waals surface area contributed by atoms with E-state index in [-0.39, 0.29) is 11.9 Å². The molecule has 1 aromatic carbocycles. The van der Waals surface area contributed by atoms with Crippen LogP contribution in [0.3, 0.4) is 0 Å². The fourth-order valence-corrected chi connectivity index (χ4v) is 3.78. The van der Waals surface area contributed by atoms with Crippen molar-refractivity contribution in [2.24, 2.45) is 0 Å². The van der Waals surface area contributed by atoms with Crippen LogP contribution in [0.15, 0.2) is 34.1 Å². The van der Waals surface area contributed by atoms with Crippen molar-refractivity contribution >= 4 is 27.3 Å². The second-order valence-corrected chi connectivity index (χ2v) is 5.97. The van der Waals surface area contributed by atoms with Crippen molar-refractivity contribution in [3.8, 4) is 5.75 Å². The maximum atomic E-state index is 13.2. The van der Waals surface area contributed by atoms with Gasteiger partial charge >= 0.3 is 0 Å². The highest BCUT2D eigenvalue weighted by Gasteiger charge is 2.30. The molecule has 0 spiro atoms. The summed E-state index contributed by atoms with van der Waals surface area (Å²) in [5, 5.41) is 12.1. The molecule has 1 N–H and O–H groups in total. The zero-order chi connectivity index (χ0) is 12.7. The van der Waals surface area contributed by atoms with Gasteiger partial charge in [0.25, 0.3) is 0 Å². The maximum Gasteiger partial charge on any atom is 0.137 e. The molecule has 2 heterocycles. The van der Waals surface area contributed by atoms with Crippen molar-refractivity contribution < 1.29 is 14.2 Å². The molecule has 0 aliphatic carbocycles. The number of hydrogen-bond acceptors (Lipinski definition) is 3. The smallest absolute Gasteiger partial charge is 0.137 e. The molecule has 3 rings (SSSR count). The van der Waals surface area contributed by atoms with Gasteiger partial charge < -0.3 is 9.84 Å². The summed E-state index contributed by atoms with van der Waals surface area (Å²) in [7, 11) is 0. The first kappa shape index (κ1) is 12.1. The summed E-state index contributed by atoms with van der Waals surface area (Å²) < 4.78 is 20.0. The Labute approximate surface area is 116 Å². The molecule has 0 fully saturated rings. The first-order valence-corrected chi connectivity index (χ1v) is 7.19. The topological polar surface area (TPSA) is 29.5 Å². The summed E-state index contributed by atoms with van der Waals surface area (Å²) in [4.78, 5) is 1.02. The lowest BCUT2D eigenvalue weighted by Crippen LogP contribution is -2.18. The van der Waals surface area contributed by atoms with E-state index in [1.54, 1.807) is 17.4 Å². The Morgan fingerprint density at radius 1 is 1.39 bits per heavy atom. The summed E-state index contributed by atoms with van der Waals surface area (Å²) in [5.41, 5.74) is 0.653. The number of rotatable bonds is 1. The summed E-state index contributed by atoms with van der Waals surface area (Å²) in [6.07, 6.45) is -0.366. The Bertz CT molecular complexity index is 584. The molecular formula is C13H10BrFO2S. The van der Waals surface area contributed by atoms with Crippen molar-refractivity contribution in [1.82, 2.24) is 0 Å². The third kappa shape index (κ3) is 2.06. The van der Waals surface area contributed by atoms with Gasteiger partial charge in [-0.15, -0.1) is 11.3 Å². The second kappa shape index (κ2) is 4.64. The zero-order valence-electron chi connectivity index (χ0n) is 9.27. The Balaban J connectivity index is 1.98. The number of hydrogen-bond donors (Lipinski definition) is 1. The zero-order valence-corrected chi connectivity index (χ0v) is 11.7. The van der Waals surface area contributed by atoms with E-state index in [9.17, 15) is 9.50 Å². The Morgan fingerprint density at radius 2 is 2.22 bits per heavy atom. The summed E-state index contributed by atoms with van der Waals surface area (Å²) in [6, 6.07) is 6.19. The lowest BCUT2D eigenvalue weighted by molar-refractivity contribution is 0.0668. The summed E-state index contributed by atoms with van der Waals surface area (Å²) >= 11 is 5.01. The standard InChI is InChI=1S/C13H10BrFO2S/c14-9-3-4-18-13(9)12-6-10(16)8-2-1-7(15)5-11(8)17-12/h1-5,10,12,16H,6H2/t10-,12?/m1/s1. The van der Waals surface area contributed by atoms with Crippen molar-refractivity contribution in [3.05, 3.63) is 50.4 Å². The average Bonchev–Trinajstić information content (AvgIpc) is 2.74. The highest BCUT2D eigenvalue weighted by Crippen LogP contribution is 2.44. The molecule has 2 nitrogen and oxygen atoms in total. The van der Waals surface area contributed by atoms with E-state index in [2.05, 4.69) is 15.9 Å². The van der Waals surface area contributed by atoms with Crippen LogP contribution < -0.4 is 4.74 Å². The van der Waals surface area contributed by atoms with Crippen LogP contribution in [0.25, 0.3) is 0 Å². The molecule has 1 aromatic heterocycles. The van der Waals surface area contributed by atoms with Gasteiger partial charge in [-0.25, -0.2) is 4.39 Å². The highest BCUT2D eigenvalue weighted by atomic mass is 79.9. The second-order valence-electron chi connectivity index (χ2n) is 4.17. The number of benzene rings is 1. The van der Waals surface area contributed by atoms with Crippen LogP contribution in [0, 0.1) is 5.82 Å². The van der Waals surface area contributed by atoms with Gasteiger partial charge in [0.2, 0.25) is 0 Å². The molecule has 0 saturated heterocycles. The van der Waals surface area contributed by atoms with Crippen LogP contribution in [-0.2, 0) is 0 Å². The quantitative estimate of drug-likeness (QED) is 0.849. The molecule has 1 unspecified atom stereocenters. The molecule has 5 heteroatoms. The van der Waals surface area contributed by atoms with Gasteiger partial charge in [0, 0.05) is 22.5 Å². The van der Waals surface area contributed by atoms with Crippen LogP contribution in [0.4, 0.5) is 4.39 Å². The van der Waals surface area contributed by atoms with Crippen LogP contribution in [0.2, 0.25) is 0 Å². The number of fused-ring (bicyclic) bond motifs is 1. The average molecular weight is 329 g/mol. The van der Waals surface area contributed by atoms with Crippen molar-refractivity contribution in [3.63, 3.8) is 0 Å². The normalized spacial score (nSPS) is 22.4. The van der Waals surface area contributed by atoms with Crippen LogP contribution in [0.1, 0.15) is 29.1 Å². The van der Waals surface area contributed by atoms with Crippen LogP contribution >= 0.6 is 27.3 Å². The van der Waals surface area contributed by atoms with E-state index in [1.807, 2.05) is 11.4 Å². The Morgan fingerprint density at radius 3 is 2.94 bits per heavy atom. The first-order valence-electron chi connectivity index (χ1n) is 5.52. The lowest BCUT2D eigenvalue weighted by atomic mass is 9.98. The van der Waals surface area contributed by atoms with E-state index in [0.717, 1.165) is 9.35 Å². The van der Waals surface area contributed by atoms with E-state index < -0.39 is 6.10 Å². The lowest BCUT2D eigenvalue weighted by Gasteiger charge is -2.29. The number of aliphatic hydroxyl groups is 1. The van der Waals surface area contributed by atoms with Gasteiger partial charge in [-0.3, -0.25) is 0 Å². The van der Waals surface area contributed by atoms with E-state index in [0.29, 0.717) is 17.7 Å². The predicted octanol–water partition coefficient (Wildman–Crippen LogP) is 4.21.